The Bertz CT molecular complexity index is 480. The fourth-order valence-corrected chi connectivity index (χ4v) is 4.53. The first-order valence-corrected chi connectivity index (χ1v) is 8.41. The van der Waals surface area contributed by atoms with Crippen molar-refractivity contribution in [3.05, 3.63) is 29.8 Å². The molecule has 2 aliphatic heterocycles. The van der Waals surface area contributed by atoms with E-state index >= 15 is 0 Å². The summed E-state index contributed by atoms with van der Waals surface area (Å²) in [5.74, 6) is 2.74. The number of ketones is 1. The number of thioether (sulfide) groups is 1. The van der Waals surface area contributed by atoms with Gasteiger partial charge in [0, 0.05) is 30.4 Å². The predicted octanol–water partition coefficient (Wildman–Crippen LogP) is 2.68. The molecule has 2 atom stereocenters. The molecule has 20 heavy (non-hydrogen) atoms. The zero-order valence-electron chi connectivity index (χ0n) is 11.6. The molecule has 2 saturated heterocycles. The number of nitrogens with two attached hydrogens (primary N) is 1. The third kappa shape index (κ3) is 3.01. The summed E-state index contributed by atoms with van der Waals surface area (Å²) in [6.07, 6.45) is 3.41. The van der Waals surface area contributed by atoms with Gasteiger partial charge in [-0.15, -0.1) is 0 Å². The Kier molecular flexibility index (Phi) is 4.03. The highest BCUT2D eigenvalue weighted by molar-refractivity contribution is 7.99. The fourth-order valence-electron chi connectivity index (χ4n) is 3.15. The van der Waals surface area contributed by atoms with E-state index < -0.39 is 0 Å². The van der Waals surface area contributed by atoms with Crippen molar-refractivity contribution in [3.63, 3.8) is 0 Å². The number of nitrogen functional groups attached to an aromatic ring is 1. The van der Waals surface area contributed by atoms with Crippen LogP contribution in [-0.2, 0) is 16.0 Å². The number of hydrogen-bond acceptors (Lipinski definition) is 4. The third-order valence-electron chi connectivity index (χ3n) is 4.37. The molecule has 1 spiro atoms. The molecule has 0 bridgehead atoms. The number of benzene rings is 1. The average Bonchev–Trinajstić information content (AvgIpc) is 2.89. The van der Waals surface area contributed by atoms with Crippen LogP contribution in [0.2, 0.25) is 0 Å². The molecule has 2 aliphatic rings. The largest absolute Gasteiger partial charge is 0.399 e. The second-order valence-corrected chi connectivity index (χ2v) is 7.01. The van der Waals surface area contributed by atoms with Crippen LogP contribution in [0.15, 0.2) is 24.3 Å². The van der Waals surface area contributed by atoms with E-state index in [1.165, 1.54) is 5.75 Å². The van der Waals surface area contributed by atoms with Crippen LogP contribution in [0.4, 0.5) is 5.69 Å². The van der Waals surface area contributed by atoms with Crippen molar-refractivity contribution >= 4 is 23.2 Å². The monoisotopic (exact) mass is 291 g/mol. The molecule has 108 valence electrons. The minimum Gasteiger partial charge on any atom is -0.399 e. The number of rotatable bonds is 3. The van der Waals surface area contributed by atoms with Gasteiger partial charge in [0.25, 0.3) is 0 Å². The molecule has 1 aromatic rings. The van der Waals surface area contributed by atoms with E-state index in [0.29, 0.717) is 12.2 Å². The Hall–Kier alpha value is -1.00. The molecule has 1 aromatic carbocycles. The fraction of sp³-hybridized carbons (Fsp3) is 0.562. The van der Waals surface area contributed by atoms with E-state index in [-0.39, 0.29) is 11.5 Å². The summed E-state index contributed by atoms with van der Waals surface area (Å²) in [6, 6.07) is 7.63. The number of carbonyl (C=O) groups is 1. The Balaban J connectivity index is 1.63. The van der Waals surface area contributed by atoms with Gasteiger partial charge in [-0.05, 0) is 42.7 Å². The molecule has 0 aliphatic carbocycles. The Morgan fingerprint density at radius 3 is 2.90 bits per heavy atom. The van der Waals surface area contributed by atoms with Crippen LogP contribution < -0.4 is 5.73 Å². The number of ether oxygens (including phenoxy) is 1. The second-order valence-electron chi connectivity index (χ2n) is 5.91. The van der Waals surface area contributed by atoms with E-state index in [4.69, 9.17) is 10.5 Å². The molecule has 2 N–H and O–H groups in total. The predicted molar refractivity (Wildman–Crippen MR) is 82.9 cm³/mol. The molecule has 0 saturated carbocycles. The van der Waals surface area contributed by atoms with Crippen molar-refractivity contribution in [3.8, 4) is 0 Å². The average molecular weight is 291 g/mol. The molecule has 0 radical (unpaired) electrons. The molecule has 3 nitrogen and oxygen atoms in total. The van der Waals surface area contributed by atoms with Crippen molar-refractivity contribution < 1.29 is 9.53 Å². The standard InChI is InChI=1S/C16H21NO2S/c17-14-3-1-12(2-4-14)9-15(18)13-5-7-19-16(10-13)6-8-20-11-16/h1-4,13H,5-11,17H2. The third-order valence-corrected chi connectivity index (χ3v) is 5.60. The van der Waals surface area contributed by atoms with Gasteiger partial charge in [-0.25, -0.2) is 0 Å². The maximum absolute atomic E-state index is 12.5. The van der Waals surface area contributed by atoms with Gasteiger partial charge in [0.15, 0.2) is 0 Å². The Morgan fingerprint density at radius 1 is 1.40 bits per heavy atom. The molecular formula is C16H21NO2S. The minimum atomic E-state index is -0.00956. The van der Waals surface area contributed by atoms with Crippen LogP contribution in [0.5, 0.6) is 0 Å². The van der Waals surface area contributed by atoms with Crippen LogP contribution in [0.3, 0.4) is 0 Å². The van der Waals surface area contributed by atoms with Crippen LogP contribution in [-0.4, -0.2) is 29.5 Å². The summed E-state index contributed by atoms with van der Waals surface area (Å²) in [5, 5.41) is 0. The second kappa shape index (κ2) is 5.78. The lowest BCUT2D eigenvalue weighted by Crippen LogP contribution is -2.42. The quantitative estimate of drug-likeness (QED) is 0.870. The molecule has 2 fully saturated rings. The molecule has 2 unspecified atom stereocenters. The van der Waals surface area contributed by atoms with Crippen LogP contribution >= 0.6 is 11.8 Å². The summed E-state index contributed by atoms with van der Waals surface area (Å²) in [6.45, 7) is 0.735. The lowest BCUT2D eigenvalue weighted by Gasteiger charge is -2.37. The van der Waals surface area contributed by atoms with Crippen LogP contribution in [0.25, 0.3) is 0 Å². The topological polar surface area (TPSA) is 52.3 Å². The van der Waals surface area contributed by atoms with Gasteiger partial charge in [0.05, 0.1) is 5.60 Å². The number of Topliss-reactive ketones (excluding diaryl/α,β-unsaturated/α-hetero) is 1. The zero-order valence-corrected chi connectivity index (χ0v) is 12.5. The van der Waals surface area contributed by atoms with Gasteiger partial charge < -0.3 is 10.5 Å². The highest BCUT2D eigenvalue weighted by Gasteiger charge is 2.42. The van der Waals surface area contributed by atoms with Gasteiger partial charge in [0.1, 0.15) is 5.78 Å². The van der Waals surface area contributed by atoms with Gasteiger partial charge in [0.2, 0.25) is 0 Å². The minimum absolute atomic E-state index is 0.00956. The summed E-state index contributed by atoms with van der Waals surface area (Å²) >= 11 is 1.95. The SMILES string of the molecule is Nc1ccc(CC(=O)C2CCOC3(CCSC3)C2)cc1. The zero-order chi connectivity index (χ0) is 14.0. The van der Waals surface area contributed by atoms with E-state index in [1.807, 2.05) is 36.0 Å². The van der Waals surface area contributed by atoms with Crippen molar-refractivity contribution in [2.45, 2.75) is 31.3 Å². The molecule has 0 amide bonds. The summed E-state index contributed by atoms with van der Waals surface area (Å²) < 4.78 is 5.98. The molecule has 2 heterocycles. The lowest BCUT2D eigenvalue weighted by molar-refractivity contribution is -0.133. The van der Waals surface area contributed by atoms with E-state index in [2.05, 4.69) is 0 Å². The maximum atomic E-state index is 12.5. The summed E-state index contributed by atoms with van der Waals surface area (Å²) in [5.41, 5.74) is 7.47. The van der Waals surface area contributed by atoms with Crippen LogP contribution in [0.1, 0.15) is 24.8 Å². The van der Waals surface area contributed by atoms with Crippen molar-refractivity contribution in [1.82, 2.24) is 0 Å². The molecule has 3 rings (SSSR count). The first-order chi connectivity index (χ1) is 9.67. The summed E-state index contributed by atoms with van der Waals surface area (Å²) in [4.78, 5) is 12.5. The van der Waals surface area contributed by atoms with Gasteiger partial charge in [-0.2, -0.15) is 11.8 Å². The lowest BCUT2D eigenvalue weighted by atomic mass is 9.81. The van der Waals surface area contributed by atoms with Gasteiger partial charge in [-0.1, -0.05) is 12.1 Å². The summed E-state index contributed by atoms with van der Waals surface area (Å²) in [7, 11) is 0. The van der Waals surface area contributed by atoms with Crippen molar-refractivity contribution in [2.24, 2.45) is 5.92 Å². The molecule has 4 heteroatoms. The van der Waals surface area contributed by atoms with Crippen molar-refractivity contribution in [1.29, 1.82) is 0 Å². The number of anilines is 1. The van der Waals surface area contributed by atoms with Crippen molar-refractivity contribution in [2.75, 3.05) is 23.8 Å². The van der Waals surface area contributed by atoms with E-state index in [0.717, 1.165) is 42.9 Å². The first-order valence-electron chi connectivity index (χ1n) is 7.26. The highest BCUT2D eigenvalue weighted by atomic mass is 32.2. The Labute approximate surface area is 124 Å². The van der Waals surface area contributed by atoms with E-state index in [9.17, 15) is 4.79 Å². The number of hydrogen-bond donors (Lipinski definition) is 1. The van der Waals surface area contributed by atoms with Crippen LogP contribution in [0, 0.1) is 5.92 Å². The highest BCUT2D eigenvalue weighted by Crippen LogP contribution is 2.40. The Morgan fingerprint density at radius 2 is 2.20 bits per heavy atom. The van der Waals surface area contributed by atoms with E-state index in [1.54, 1.807) is 0 Å². The molecule has 0 aromatic heterocycles. The normalized spacial score (nSPS) is 29.7. The molecular weight excluding hydrogens is 270 g/mol. The first kappa shape index (κ1) is 14.0. The maximum Gasteiger partial charge on any atom is 0.140 e. The van der Waals surface area contributed by atoms with Gasteiger partial charge >= 0.3 is 0 Å². The van der Waals surface area contributed by atoms with Gasteiger partial charge in [-0.3, -0.25) is 4.79 Å². The number of carbonyl (C=O) groups excluding carboxylic acids is 1. The smallest absolute Gasteiger partial charge is 0.140 e.